The van der Waals surface area contributed by atoms with Crippen molar-refractivity contribution in [1.82, 2.24) is 9.62 Å². The van der Waals surface area contributed by atoms with Gasteiger partial charge in [-0.25, -0.2) is 12.7 Å². The summed E-state index contributed by atoms with van der Waals surface area (Å²) in [5, 5.41) is 3.35. The summed E-state index contributed by atoms with van der Waals surface area (Å²) in [4.78, 5) is 11.7. The maximum atomic E-state index is 11.8. The van der Waals surface area contributed by atoms with Gasteiger partial charge in [0, 0.05) is 12.6 Å². The van der Waals surface area contributed by atoms with E-state index < -0.39 is 14.8 Å². The Morgan fingerprint density at radius 2 is 2.12 bits per heavy atom. The monoisotopic (exact) mass is 260 g/mol. The molecule has 0 aromatic heterocycles. The summed E-state index contributed by atoms with van der Waals surface area (Å²) in [7, 11) is -3.39. The van der Waals surface area contributed by atoms with Crippen molar-refractivity contribution in [2.45, 2.75) is 50.3 Å². The zero-order chi connectivity index (χ0) is 12.7. The van der Waals surface area contributed by atoms with Crippen LogP contribution in [-0.2, 0) is 14.8 Å². The minimum absolute atomic E-state index is 0.270. The maximum Gasteiger partial charge on any atom is 0.258 e. The van der Waals surface area contributed by atoms with Gasteiger partial charge in [-0.3, -0.25) is 4.79 Å². The van der Waals surface area contributed by atoms with Gasteiger partial charge in [-0.15, -0.1) is 0 Å². The van der Waals surface area contributed by atoms with Crippen LogP contribution in [0.3, 0.4) is 0 Å². The van der Waals surface area contributed by atoms with Crippen molar-refractivity contribution in [3.05, 3.63) is 0 Å². The largest absolute Gasteiger partial charge is 0.314 e. The summed E-state index contributed by atoms with van der Waals surface area (Å²) < 4.78 is 23.5. The SMILES string of the molecule is CC1(C)C(=O)N(CCC2CCCCN2)S1(=O)=O. The van der Waals surface area contributed by atoms with Crippen LogP contribution >= 0.6 is 0 Å². The number of rotatable bonds is 3. The van der Waals surface area contributed by atoms with Gasteiger partial charge < -0.3 is 5.32 Å². The number of sulfonamides is 1. The van der Waals surface area contributed by atoms with Crippen LogP contribution in [0.25, 0.3) is 0 Å². The molecule has 0 aromatic rings. The van der Waals surface area contributed by atoms with Crippen molar-refractivity contribution in [3.8, 4) is 0 Å². The Hall–Kier alpha value is -0.620. The van der Waals surface area contributed by atoms with Gasteiger partial charge in [0.2, 0.25) is 0 Å². The van der Waals surface area contributed by atoms with E-state index in [1.54, 1.807) is 0 Å². The van der Waals surface area contributed by atoms with Crippen molar-refractivity contribution < 1.29 is 13.2 Å². The summed E-state index contributed by atoms with van der Waals surface area (Å²) in [6.07, 6.45) is 4.17. The van der Waals surface area contributed by atoms with Crippen molar-refractivity contribution >= 4 is 15.9 Å². The molecule has 2 fully saturated rings. The third-order valence-electron chi connectivity index (χ3n) is 3.77. The Morgan fingerprint density at radius 1 is 1.41 bits per heavy atom. The molecule has 0 radical (unpaired) electrons. The number of carbonyl (C=O) groups is 1. The lowest BCUT2D eigenvalue weighted by Gasteiger charge is -2.43. The molecule has 1 N–H and O–H groups in total. The molecule has 2 saturated heterocycles. The highest BCUT2D eigenvalue weighted by Gasteiger charge is 2.59. The van der Waals surface area contributed by atoms with Gasteiger partial charge >= 0.3 is 0 Å². The van der Waals surface area contributed by atoms with E-state index in [9.17, 15) is 13.2 Å². The molecule has 98 valence electrons. The number of nitrogens with zero attached hydrogens (tertiary/aromatic N) is 1. The Morgan fingerprint density at radius 3 is 2.65 bits per heavy atom. The van der Waals surface area contributed by atoms with Crippen LogP contribution in [-0.4, -0.2) is 42.5 Å². The summed E-state index contributed by atoms with van der Waals surface area (Å²) in [5.74, 6) is -0.270. The van der Waals surface area contributed by atoms with Crippen LogP contribution in [0, 0.1) is 0 Å². The highest BCUT2D eigenvalue weighted by atomic mass is 32.2. The van der Waals surface area contributed by atoms with E-state index in [1.807, 2.05) is 0 Å². The zero-order valence-corrected chi connectivity index (χ0v) is 11.2. The van der Waals surface area contributed by atoms with Crippen molar-refractivity contribution in [1.29, 1.82) is 0 Å². The second kappa shape index (κ2) is 4.24. The average Bonchev–Trinajstić information content (AvgIpc) is 2.29. The molecule has 0 aromatic carbocycles. The number of amides is 1. The van der Waals surface area contributed by atoms with E-state index >= 15 is 0 Å². The predicted molar refractivity (Wildman–Crippen MR) is 65.0 cm³/mol. The molecule has 1 amide bonds. The smallest absolute Gasteiger partial charge is 0.258 e. The first kappa shape index (κ1) is 12.8. The molecule has 2 aliphatic rings. The Labute approximate surface area is 103 Å². The molecule has 6 heteroatoms. The second-order valence-corrected chi connectivity index (χ2v) is 7.74. The fraction of sp³-hybridized carbons (Fsp3) is 0.909. The summed E-state index contributed by atoms with van der Waals surface area (Å²) in [5.41, 5.74) is 0. The topological polar surface area (TPSA) is 66.5 Å². The third-order valence-corrected chi connectivity index (χ3v) is 6.16. The lowest BCUT2D eigenvalue weighted by Crippen LogP contribution is -2.67. The lowest BCUT2D eigenvalue weighted by molar-refractivity contribution is -0.132. The Bertz CT molecular complexity index is 410. The average molecular weight is 260 g/mol. The molecule has 17 heavy (non-hydrogen) atoms. The summed E-state index contributed by atoms with van der Waals surface area (Å²) in [6, 6.07) is 0.357. The van der Waals surface area contributed by atoms with Crippen molar-refractivity contribution in [2.24, 2.45) is 0 Å². The van der Waals surface area contributed by atoms with Gasteiger partial charge in [-0.1, -0.05) is 6.42 Å². The minimum atomic E-state index is -3.39. The molecule has 2 aliphatic heterocycles. The third kappa shape index (κ3) is 1.97. The molecule has 0 aliphatic carbocycles. The summed E-state index contributed by atoms with van der Waals surface area (Å²) in [6.45, 7) is 4.26. The molecule has 0 spiro atoms. The van der Waals surface area contributed by atoms with Crippen LogP contribution in [0.5, 0.6) is 0 Å². The first-order valence-electron chi connectivity index (χ1n) is 6.17. The Kier molecular flexibility index (Phi) is 3.20. The number of hydrogen-bond donors (Lipinski definition) is 1. The van der Waals surface area contributed by atoms with E-state index in [-0.39, 0.29) is 5.91 Å². The normalized spacial score (nSPS) is 31.1. The Balaban J connectivity index is 1.91. The minimum Gasteiger partial charge on any atom is -0.314 e. The van der Waals surface area contributed by atoms with Gasteiger partial charge in [0.1, 0.15) is 0 Å². The lowest BCUT2D eigenvalue weighted by atomic mass is 10.0. The van der Waals surface area contributed by atoms with Gasteiger partial charge in [0.05, 0.1) is 0 Å². The van der Waals surface area contributed by atoms with E-state index in [0.29, 0.717) is 12.6 Å². The van der Waals surface area contributed by atoms with Gasteiger partial charge in [-0.05, 0) is 39.7 Å². The molecule has 2 heterocycles. The van der Waals surface area contributed by atoms with Gasteiger partial charge in [0.15, 0.2) is 4.75 Å². The number of nitrogens with one attached hydrogen (secondary N) is 1. The molecule has 2 rings (SSSR count). The van der Waals surface area contributed by atoms with Gasteiger partial charge in [0.25, 0.3) is 15.9 Å². The first-order chi connectivity index (χ1) is 7.87. The quantitative estimate of drug-likeness (QED) is 0.801. The molecular weight excluding hydrogens is 240 g/mol. The van der Waals surface area contributed by atoms with Gasteiger partial charge in [-0.2, -0.15) is 0 Å². The van der Waals surface area contributed by atoms with Crippen LogP contribution in [0.15, 0.2) is 0 Å². The van der Waals surface area contributed by atoms with E-state index in [0.717, 1.165) is 23.7 Å². The van der Waals surface area contributed by atoms with E-state index in [4.69, 9.17) is 0 Å². The van der Waals surface area contributed by atoms with Crippen molar-refractivity contribution in [2.75, 3.05) is 13.1 Å². The summed E-state index contributed by atoms with van der Waals surface area (Å²) >= 11 is 0. The highest BCUT2D eigenvalue weighted by Crippen LogP contribution is 2.34. The zero-order valence-electron chi connectivity index (χ0n) is 10.4. The standard InChI is InChI=1S/C11H20N2O3S/c1-11(2)10(14)13(17(11,15)16)8-6-9-5-3-4-7-12-9/h9,12H,3-8H2,1-2H3. The first-order valence-corrected chi connectivity index (χ1v) is 7.61. The molecule has 1 atom stereocenters. The van der Waals surface area contributed by atoms with Crippen LogP contribution in [0.1, 0.15) is 39.5 Å². The molecule has 5 nitrogen and oxygen atoms in total. The van der Waals surface area contributed by atoms with Crippen LogP contribution in [0.4, 0.5) is 0 Å². The molecule has 0 bridgehead atoms. The van der Waals surface area contributed by atoms with E-state index in [2.05, 4.69) is 5.32 Å². The maximum absolute atomic E-state index is 11.8. The number of piperidine rings is 1. The highest BCUT2D eigenvalue weighted by molar-refractivity contribution is 7.94. The fourth-order valence-corrected chi connectivity index (χ4v) is 3.96. The molecular formula is C11H20N2O3S. The van der Waals surface area contributed by atoms with E-state index in [1.165, 1.54) is 26.7 Å². The molecule has 1 unspecified atom stereocenters. The number of carbonyl (C=O) groups excluding carboxylic acids is 1. The van der Waals surface area contributed by atoms with Crippen LogP contribution in [0.2, 0.25) is 0 Å². The van der Waals surface area contributed by atoms with Crippen molar-refractivity contribution in [3.63, 3.8) is 0 Å². The number of hydrogen-bond acceptors (Lipinski definition) is 4. The second-order valence-electron chi connectivity index (χ2n) is 5.33. The molecule has 0 saturated carbocycles. The fourth-order valence-electron chi connectivity index (χ4n) is 2.42. The predicted octanol–water partition coefficient (Wildman–Crippen LogP) is 0.469. The van der Waals surface area contributed by atoms with Crippen LogP contribution < -0.4 is 5.32 Å².